The minimum absolute atomic E-state index is 0.0978. The molecule has 0 spiro atoms. The highest BCUT2D eigenvalue weighted by atomic mass is 31.3. The number of ether oxygens (including phenoxy) is 2. The van der Waals surface area contributed by atoms with Gasteiger partial charge in [-0.3, -0.25) is 18.9 Å². The summed E-state index contributed by atoms with van der Waals surface area (Å²) in [6.07, 6.45) is -5.05. The highest BCUT2D eigenvalue weighted by molar-refractivity contribution is 7.60. The Morgan fingerprint density at radius 1 is 1.29 bits per heavy atom. The predicted molar refractivity (Wildman–Crippen MR) is 127 cm³/mol. The van der Waals surface area contributed by atoms with E-state index in [2.05, 4.69) is 29.1 Å². The van der Waals surface area contributed by atoms with Crippen molar-refractivity contribution >= 4 is 44.4 Å². The minimum Gasteiger partial charge on any atom is -0.451 e. The van der Waals surface area contributed by atoms with Crippen molar-refractivity contribution in [2.75, 3.05) is 24.7 Å². The lowest BCUT2D eigenvalue weighted by Crippen LogP contribution is -2.37. The number of para-hydroxylation sites is 1. The fraction of sp³-hybridized carbons (Fsp3) is 0.333. The van der Waals surface area contributed by atoms with E-state index in [1.54, 1.807) is 25.2 Å². The lowest BCUT2D eigenvalue weighted by Gasteiger charge is -2.22. The van der Waals surface area contributed by atoms with Crippen LogP contribution >= 0.6 is 15.6 Å². The number of carbonyl (C=O) groups excluding carboxylic acids is 1. The van der Waals surface area contributed by atoms with Crippen molar-refractivity contribution in [3.05, 3.63) is 46.5 Å². The highest BCUT2D eigenvalue weighted by Gasteiger charge is 2.49. The molecular formula is C18H22N6O12P2. The smallest absolute Gasteiger partial charge is 0.451 e. The number of aliphatic hydroxyl groups is 1. The SMILES string of the molecule is CNc1ccccc1C(=O)OC1C(O)C(COP(=O)(O)OP(=O)(O)O)OC1n1cnc2c(=O)[nH]c(N)nc21. The van der Waals surface area contributed by atoms with Crippen molar-refractivity contribution in [2.45, 2.75) is 24.5 Å². The third kappa shape index (κ3) is 5.94. The van der Waals surface area contributed by atoms with Gasteiger partial charge in [-0.1, -0.05) is 12.1 Å². The number of nitrogens with zero attached hydrogens (tertiary/aromatic N) is 3. The molecule has 38 heavy (non-hydrogen) atoms. The molecule has 8 N–H and O–H groups in total. The van der Waals surface area contributed by atoms with Gasteiger partial charge in [-0.25, -0.2) is 18.9 Å². The topological polar surface area (TPSA) is 271 Å². The van der Waals surface area contributed by atoms with Crippen LogP contribution in [0.5, 0.6) is 0 Å². The van der Waals surface area contributed by atoms with Gasteiger partial charge in [-0.2, -0.15) is 9.29 Å². The molecule has 0 bridgehead atoms. The van der Waals surface area contributed by atoms with Gasteiger partial charge in [0, 0.05) is 12.7 Å². The summed E-state index contributed by atoms with van der Waals surface area (Å²) in [5, 5.41) is 13.8. The van der Waals surface area contributed by atoms with E-state index in [0.29, 0.717) is 5.69 Å². The molecule has 3 aromatic rings. The monoisotopic (exact) mass is 576 g/mol. The average molecular weight is 576 g/mol. The Balaban J connectivity index is 1.67. The number of fused-ring (bicyclic) bond motifs is 1. The van der Waals surface area contributed by atoms with Gasteiger partial charge in [0.05, 0.1) is 18.5 Å². The number of nitrogen functional groups attached to an aromatic ring is 1. The molecule has 5 unspecified atom stereocenters. The van der Waals surface area contributed by atoms with Crippen LogP contribution in [0, 0.1) is 0 Å². The van der Waals surface area contributed by atoms with Crippen LogP contribution in [0.4, 0.5) is 11.6 Å². The van der Waals surface area contributed by atoms with E-state index in [0.717, 1.165) is 10.9 Å². The van der Waals surface area contributed by atoms with Crippen molar-refractivity contribution < 1.29 is 52.0 Å². The summed E-state index contributed by atoms with van der Waals surface area (Å²) in [6.45, 7) is -0.935. The number of nitrogens with two attached hydrogens (primary N) is 1. The third-order valence-electron chi connectivity index (χ3n) is 5.31. The van der Waals surface area contributed by atoms with Gasteiger partial charge >= 0.3 is 21.6 Å². The second kappa shape index (κ2) is 10.5. The zero-order valence-electron chi connectivity index (χ0n) is 19.3. The molecule has 0 saturated carbocycles. The molecule has 1 aliphatic heterocycles. The number of imidazole rings is 1. The fourth-order valence-electron chi connectivity index (χ4n) is 3.73. The van der Waals surface area contributed by atoms with E-state index < -0.39 is 58.3 Å². The van der Waals surface area contributed by atoms with E-state index in [1.807, 2.05) is 0 Å². The van der Waals surface area contributed by atoms with Gasteiger partial charge in [-0.05, 0) is 12.1 Å². The normalized spacial score (nSPS) is 23.3. The summed E-state index contributed by atoms with van der Waals surface area (Å²) in [5.74, 6) is -1.16. The molecule has 5 atom stereocenters. The minimum atomic E-state index is -5.41. The second-order valence-corrected chi connectivity index (χ2v) is 10.7. The Bertz CT molecular complexity index is 1500. The second-order valence-electron chi connectivity index (χ2n) is 7.83. The zero-order valence-corrected chi connectivity index (χ0v) is 21.1. The maximum absolute atomic E-state index is 13.0. The summed E-state index contributed by atoms with van der Waals surface area (Å²) in [4.78, 5) is 62.6. The van der Waals surface area contributed by atoms with Crippen LogP contribution in [0.3, 0.4) is 0 Å². The van der Waals surface area contributed by atoms with Crippen LogP contribution in [0.2, 0.25) is 0 Å². The molecule has 1 saturated heterocycles. The number of hydrogen-bond acceptors (Lipinski definition) is 13. The largest absolute Gasteiger partial charge is 0.481 e. The first-order valence-electron chi connectivity index (χ1n) is 10.6. The quantitative estimate of drug-likeness (QED) is 0.124. The third-order valence-corrected chi connectivity index (χ3v) is 7.46. The molecule has 1 fully saturated rings. The van der Waals surface area contributed by atoms with Gasteiger partial charge in [0.2, 0.25) is 5.95 Å². The van der Waals surface area contributed by atoms with Crippen LogP contribution in [-0.2, 0) is 27.4 Å². The summed E-state index contributed by atoms with van der Waals surface area (Å²) in [6, 6.07) is 6.32. The van der Waals surface area contributed by atoms with Crippen molar-refractivity contribution in [1.82, 2.24) is 19.5 Å². The lowest BCUT2D eigenvalue weighted by molar-refractivity contribution is -0.0557. The molecule has 3 heterocycles. The van der Waals surface area contributed by atoms with E-state index in [-0.39, 0.29) is 22.7 Å². The highest BCUT2D eigenvalue weighted by Crippen LogP contribution is 2.57. The predicted octanol–water partition coefficient (Wildman–Crippen LogP) is -0.546. The summed E-state index contributed by atoms with van der Waals surface area (Å²) >= 11 is 0. The number of anilines is 2. The number of hydrogen-bond donors (Lipinski definition) is 7. The number of H-pyrrole nitrogens is 1. The first-order valence-corrected chi connectivity index (χ1v) is 13.6. The number of nitrogens with one attached hydrogen (secondary N) is 2. The maximum Gasteiger partial charge on any atom is 0.481 e. The summed E-state index contributed by atoms with van der Waals surface area (Å²) in [7, 11) is -9.12. The first kappa shape index (κ1) is 27.8. The van der Waals surface area contributed by atoms with E-state index >= 15 is 0 Å². The van der Waals surface area contributed by atoms with Crippen LogP contribution < -0.4 is 16.6 Å². The number of carbonyl (C=O) groups is 1. The number of phosphoric acid groups is 2. The number of aromatic amines is 1. The molecular weight excluding hydrogens is 554 g/mol. The molecule has 206 valence electrons. The molecule has 20 heteroatoms. The van der Waals surface area contributed by atoms with Gasteiger partial charge in [0.1, 0.15) is 12.2 Å². The number of rotatable bonds is 9. The van der Waals surface area contributed by atoms with Gasteiger partial charge in [-0.15, -0.1) is 0 Å². The standard InChI is InChI=1S/C18H22N6O12P2/c1-20-9-5-3-2-4-8(9)17(27)35-13-12(25)10(6-33-38(31,32)36-37(28,29)30)34-16(13)24-7-21-11-14(24)22-18(19)23-15(11)26/h2-5,7,10,12-13,16,20,25H,6H2,1H3,(H,31,32)(H2,28,29,30)(H3,19,22,23,26). The Morgan fingerprint density at radius 3 is 2.68 bits per heavy atom. The summed E-state index contributed by atoms with van der Waals surface area (Å²) in [5.41, 5.74) is 5.20. The van der Waals surface area contributed by atoms with Crippen LogP contribution in [0.15, 0.2) is 35.4 Å². The zero-order chi connectivity index (χ0) is 27.8. The lowest BCUT2D eigenvalue weighted by atomic mass is 10.1. The van der Waals surface area contributed by atoms with Crippen molar-refractivity contribution in [3.63, 3.8) is 0 Å². The maximum atomic E-state index is 13.0. The van der Waals surface area contributed by atoms with Gasteiger partial charge in [0.25, 0.3) is 5.56 Å². The molecule has 0 aliphatic carbocycles. The average Bonchev–Trinajstić information content (AvgIpc) is 3.37. The van der Waals surface area contributed by atoms with E-state index in [1.165, 1.54) is 6.07 Å². The molecule has 2 aromatic heterocycles. The molecule has 1 aliphatic rings. The molecule has 1 aromatic carbocycles. The molecule has 0 amide bonds. The van der Waals surface area contributed by atoms with Crippen molar-refractivity contribution in [1.29, 1.82) is 0 Å². The number of aliphatic hydroxyl groups excluding tert-OH is 1. The Labute approximate surface area is 212 Å². The van der Waals surface area contributed by atoms with Crippen LogP contribution in [0.1, 0.15) is 16.6 Å². The number of aromatic nitrogens is 4. The van der Waals surface area contributed by atoms with Crippen LogP contribution in [-0.4, -0.2) is 77.2 Å². The van der Waals surface area contributed by atoms with Crippen molar-refractivity contribution in [3.8, 4) is 0 Å². The van der Waals surface area contributed by atoms with Gasteiger partial charge in [0.15, 0.2) is 23.5 Å². The Hall–Kier alpha value is -3.18. The van der Waals surface area contributed by atoms with Gasteiger partial charge < -0.3 is 40.3 Å². The Morgan fingerprint density at radius 2 is 2.00 bits per heavy atom. The number of esters is 1. The fourth-order valence-corrected chi connectivity index (χ4v) is 5.33. The molecule has 0 radical (unpaired) electrons. The number of benzene rings is 1. The van der Waals surface area contributed by atoms with Crippen LogP contribution in [0.25, 0.3) is 11.2 Å². The Kier molecular flexibility index (Phi) is 7.72. The number of phosphoric ester groups is 1. The first-order chi connectivity index (χ1) is 17.8. The molecule has 4 rings (SSSR count). The van der Waals surface area contributed by atoms with E-state index in [4.69, 9.17) is 25.0 Å². The summed E-state index contributed by atoms with van der Waals surface area (Å²) < 4.78 is 43.5. The van der Waals surface area contributed by atoms with E-state index in [9.17, 15) is 28.7 Å². The molecule has 18 nitrogen and oxygen atoms in total. The van der Waals surface area contributed by atoms with Crippen molar-refractivity contribution in [2.24, 2.45) is 0 Å².